The molecule has 1 unspecified atom stereocenters. The van der Waals surface area contributed by atoms with Gasteiger partial charge in [-0.1, -0.05) is 17.7 Å². The second kappa shape index (κ2) is 6.87. The van der Waals surface area contributed by atoms with Gasteiger partial charge in [0.2, 0.25) is 0 Å². The van der Waals surface area contributed by atoms with E-state index in [-0.39, 0.29) is 11.9 Å². The number of alkyl halides is 1. The van der Waals surface area contributed by atoms with Gasteiger partial charge in [-0.3, -0.25) is 4.79 Å². The Balaban J connectivity index is 2.67. The number of carbonyl (C=O) groups excluding carboxylic acids is 1. The van der Waals surface area contributed by atoms with E-state index in [0.29, 0.717) is 16.5 Å². The lowest BCUT2D eigenvalue weighted by Crippen LogP contribution is -2.33. The number of nitrogens with one attached hydrogen (secondary N) is 1. The first-order valence-electron chi connectivity index (χ1n) is 5.68. The van der Waals surface area contributed by atoms with Crippen LogP contribution in [0.1, 0.15) is 35.7 Å². The van der Waals surface area contributed by atoms with Crippen molar-refractivity contribution in [2.24, 2.45) is 0 Å². The van der Waals surface area contributed by atoms with Crippen molar-refractivity contribution in [2.45, 2.75) is 32.7 Å². The SMILES string of the molecule is Cc1c(Cl)cccc1C(=O)NC(C)CCCCl. The van der Waals surface area contributed by atoms with Gasteiger partial charge in [0.25, 0.3) is 5.91 Å². The quantitative estimate of drug-likeness (QED) is 0.813. The van der Waals surface area contributed by atoms with Gasteiger partial charge < -0.3 is 5.32 Å². The van der Waals surface area contributed by atoms with Crippen LogP contribution in [0.2, 0.25) is 5.02 Å². The summed E-state index contributed by atoms with van der Waals surface area (Å²) < 4.78 is 0. The Kier molecular flexibility index (Phi) is 5.79. The van der Waals surface area contributed by atoms with Crippen LogP contribution in [0, 0.1) is 6.92 Å². The summed E-state index contributed by atoms with van der Waals surface area (Å²) in [6.07, 6.45) is 1.78. The molecule has 1 N–H and O–H groups in total. The summed E-state index contributed by atoms with van der Waals surface area (Å²) in [6.45, 7) is 3.82. The minimum Gasteiger partial charge on any atom is -0.350 e. The van der Waals surface area contributed by atoms with Crippen molar-refractivity contribution in [3.63, 3.8) is 0 Å². The van der Waals surface area contributed by atoms with E-state index in [9.17, 15) is 4.79 Å². The van der Waals surface area contributed by atoms with Crippen molar-refractivity contribution in [1.82, 2.24) is 5.32 Å². The molecule has 0 aliphatic carbocycles. The van der Waals surface area contributed by atoms with Crippen molar-refractivity contribution in [1.29, 1.82) is 0 Å². The number of halogens is 2. The molecular weight excluding hydrogens is 257 g/mol. The third-order valence-electron chi connectivity index (χ3n) is 2.66. The molecule has 0 heterocycles. The third kappa shape index (κ3) is 4.21. The van der Waals surface area contributed by atoms with Crippen molar-refractivity contribution in [3.05, 3.63) is 34.3 Å². The molecule has 0 bridgehead atoms. The maximum Gasteiger partial charge on any atom is 0.251 e. The van der Waals surface area contributed by atoms with Crippen molar-refractivity contribution < 1.29 is 4.79 Å². The summed E-state index contributed by atoms with van der Waals surface area (Å²) in [7, 11) is 0. The largest absolute Gasteiger partial charge is 0.350 e. The third-order valence-corrected chi connectivity index (χ3v) is 3.34. The van der Waals surface area contributed by atoms with E-state index in [1.165, 1.54) is 0 Å². The highest BCUT2D eigenvalue weighted by molar-refractivity contribution is 6.31. The number of hydrogen-bond donors (Lipinski definition) is 1. The van der Waals surface area contributed by atoms with Crippen LogP contribution in [-0.4, -0.2) is 17.8 Å². The van der Waals surface area contributed by atoms with Gasteiger partial charge in [-0.15, -0.1) is 11.6 Å². The Morgan fingerprint density at radius 1 is 1.47 bits per heavy atom. The smallest absolute Gasteiger partial charge is 0.251 e. The number of amides is 1. The molecule has 2 nitrogen and oxygen atoms in total. The maximum atomic E-state index is 12.0. The summed E-state index contributed by atoms with van der Waals surface area (Å²) in [5.74, 6) is 0.545. The minimum atomic E-state index is -0.0768. The average Bonchev–Trinajstić information content (AvgIpc) is 2.29. The summed E-state index contributed by atoms with van der Waals surface area (Å²) in [4.78, 5) is 12.0. The van der Waals surface area contributed by atoms with Crippen molar-refractivity contribution in [2.75, 3.05) is 5.88 Å². The van der Waals surface area contributed by atoms with Gasteiger partial charge in [0.15, 0.2) is 0 Å². The van der Waals surface area contributed by atoms with Crippen LogP contribution in [0.3, 0.4) is 0 Å². The van der Waals surface area contributed by atoms with E-state index in [0.717, 1.165) is 18.4 Å². The zero-order chi connectivity index (χ0) is 12.8. The first-order valence-corrected chi connectivity index (χ1v) is 6.59. The average molecular weight is 274 g/mol. The van der Waals surface area contributed by atoms with Crippen LogP contribution in [0.15, 0.2) is 18.2 Å². The van der Waals surface area contributed by atoms with Crippen LogP contribution >= 0.6 is 23.2 Å². The molecule has 0 aliphatic rings. The lowest BCUT2D eigenvalue weighted by atomic mass is 10.1. The molecule has 1 aromatic carbocycles. The zero-order valence-corrected chi connectivity index (χ0v) is 11.6. The normalized spacial score (nSPS) is 12.2. The molecule has 1 amide bonds. The molecule has 0 saturated carbocycles. The molecule has 1 rings (SSSR count). The highest BCUT2D eigenvalue weighted by Gasteiger charge is 2.12. The Labute approximate surface area is 112 Å². The van der Waals surface area contributed by atoms with Gasteiger partial charge in [-0.25, -0.2) is 0 Å². The molecule has 0 aliphatic heterocycles. The molecule has 1 atom stereocenters. The predicted molar refractivity (Wildman–Crippen MR) is 73.1 cm³/mol. The maximum absolute atomic E-state index is 12.0. The first kappa shape index (κ1) is 14.3. The Morgan fingerprint density at radius 3 is 2.82 bits per heavy atom. The fourth-order valence-electron chi connectivity index (χ4n) is 1.61. The monoisotopic (exact) mass is 273 g/mol. The van der Waals surface area contributed by atoms with Gasteiger partial charge in [0, 0.05) is 22.5 Å². The molecule has 1 aromatic rings. The van der Waals surface area contributed by atoms with Gasteiger partial charge in [0.05, 0.1) is 0 Å². The zero-order valence-electron chi connectivity index (χ0n) is 10.1. The lowest BCUT2D eigenvalue weighted by molar-refractivity contribution is 0.0937. The first-order chi connectivity index (χ1) is 8.06. The van der Waals surface area contributed by atoms with E-state index < -0.39 is 0 Å². The number of hydrogen-bond acceptors (Lipinski definition) is 1. The second-order valence-corrected chi connectivity index (χ2v) is 4.90. The molecule has 0 saturated heterocycles. The number of carbonyl (C=O) groups is 1. The topological polar surface area (TPSA) is 29.1 Å². The van der Waals surface area contributed by atoms with E-state index in [4.69, 9.17) is 23.2 Å². The van der Waals surface area contributed by atoms with Gasteiger partial charge in [-0.05, 0) is 44.4 Å². The summed E-state index contributed by atoms with van der Waals surface area (Å²) >= 11 is 11.6. The Hall–Kier alpha value is -0.730. The molecule has 4 heteroatoms. The Bertz CT molecular complexity index is 393. The molecular formula is C13H17Cl2NO. The second-order valence-electron chi connectivity index (χ2n) is 4.12. The molecule has 0 aromatic heterocycles. The van der Waals surface area contributed by atoms with E-state index in [1.54, 1.807) is 18.2 Å². The fraction of sp³-hybridized carbons (Fsp3) is 0.462. The van der Waals surface area contributed by atoms with Crippen LogP contribution in [0.5, 0.6) is 0 Å². The van der Waals surface area contributed by atoms with E-state index in [1.807, 2.05) is 13.8 Å². The van der Waals surface area contributed by atoms with Crippen LogP contribution in [0.25, 0.3) is 0 Å². The molecule has 0 fully saturated rings. The van der Waals surface area contributed by atoms with E-state index in [2.05, 4.69) is 5.32 Å². The molecule has 17 heavy (non-hydrogen) atoms. The highest BCUT2D eigenvalue weighted by Crippen LogP contribution is 2.18. The highest BCUT2D eigenvalue weighted by atomic mass is 35.5. The van der Waals surface area contributed by atoms with Gasteiger partial charge in [-0.2, -0.15) is 0 Å². The summed E-state index contributed by atoms with van der Waals surface area (Å²) in [5.41, 5.74) is 1.45. The Morgan fingerprint density at radius 2 is 2.18 bits per heavy atom. The van der Waals surface area contributed by atoms with Crippen molar-refractivity contribution >= 4 is 29.1 Å². The van der Waals surface area contributed by atoms with Gasteiger partial charge >= 0.3 is 0 Å². The summed E-state index contributed by atoms with van der Waals surface area (Å²) in [6, 6.07) is 5.47. The van der Waals surface area contributed by atoms with Gasteiger partial charge in [0.1, 0.15) is 0 Å². The fourth-order valence-corrected chi connectivity index (χ4v) is 1.94. The number of benzene rings is 1. The predicted octanol–water partition coefficient (Wildman–Crippen LogP) is 3.79. The lowest BCUT2D eigenvalue weighted by Gasteiger charge is -2.14. The van der Waals surface area contributed by atoms with Crippen LogP contribution < -0.4 is 5.32 Å². The standard InChI is InChI=1S/C13H17Cl2NO/c1-9(5-4-8-14)16-13(17)11-6-3-7-12(15)10(11)2/h3,6-7,9H,4-5,8H2,1-2H3,(H,16,17). The van der Waals surface area contributed by atoms with E-state index >= 15 is 0 Å². The molecule has 0 radical (unpaired) electrons. The number of rotatable bonds is 5. The molecule has 0 spiro atoms. The minimum absolute atomic E-state index is 0.0768. The van der Waals surface area contributed by atoms with Crippen LogP contribution in [-0.2, 0) is 0 Å². The van der Waals surface area contributed by atoms with Crippen LogP contribution in [0.4, 0.5) is 0 Å². The van der Waals surface area contributed by atoms with Crippen molar-refractivity contribution in [3.8, 4) is 0 Å². The summed E-state index contributed by atoms with van der Waals surface area (Å²) in [5, 5.41) is 3.56. The molecule has 94 valence electrons.